The number of benzene rings is 2. The Kier molecular flexibility index (Phi) is 5.84. The summed E-state index contributed by atoms with van der Waals surface area (Å²) in [5, 5.41) is 15.1. The summed E-state index contributed by atoms with van der Waals surface area (Å²) in [5.74, 6) is 0.321. The molecule has 2 aromatic heterocycles. The second kappa shape index (κ2) is 8.79. The highest BCUT2D eigenvalue weighted by Crippen LogP contribution is 2.39. The van der Waals surface area contributed by atoms with Crippen LogP contribution in [0, 0.1) is 17.2 Å². The van der Waals surface area contributed by atoms with Crippen LogP contribution in [0.25, 0.3) is 22.2 Å². The quantitative estimate of drug-likeness (QED) is 0.322. The zero-order valence-electron chi connectivity index (χ0n) is 17.8. The van der Waals surface area contributed by atoms with E-state index in [1.54, 1.807) is 18.2 Å². The standard InChI is InChI=1S/C26H19Cl2N3OS/c1-14-6-8-17-19(13-29)26(33-24(17)10-14)31-25(32)18-12-23(15-7-9-20(27)21(28)11-15)30-22-5-3-2-4-16(18)22/h2-5,7,9,11-12,14H,6,8,10H2,1H3,(H,31,32)/t14-/m0/s1. The number of carbonyl (C=O) groups excluding carboxylic acids is 1. The van der Waals surface area contributed by atoms with E-state index in [0.717, 1.165) is 35.8 Å². The fourth-order valence-corrected chi connectivity index (χ4v) is 5.95. The number of nitrogens with one attached hydrogen (secondary N) is 1. The zero-order chi connectivity index (χ0) is 23.1. The van der Waals surface area contributed by atoms with Crippen molar-refractivity contribution in [3.63, 3.8) is 0 Å². The lowest BCUT2D eigenvalue weighted by Crippen LogP contribution is -2.13. The molecule has 0 unspecified atom stereocenters. The molecule has 1 amide bonds. The van der Waals surface area contributed by atoms with E-state index >= 15 is 0 Å². The first-order chi connectivity index (χ1) is 15.9. The molecule has 2 heterocycles. The van der Waals surface area contributed by atoms with Gasteiger partial charge in [-0.25, -0.2) is 4.98 Å². The monoisotopic (exact) mass is 491 g/mol. The molecule has 0 saturated carbocycles. The molecule has 4 nitrogen and oxygen atoms in total. The first kappa shape index (κ1) is 21.9. The molecule has 0 fully saturated rings. The summed E-state index contributed by atoms with van der Waals surface area (Å²) in [6, 6.07) is 16.9. The minimum atomic E-state index is -0.266. The highest BCUT2D eigenvalue weighted by Gasteiger charge is 2.25. The maximum absolute atomic E-state index is 13.5. The maximum Gasteiger partial charge on any atom is 0.257 e. The number of nitrogens with zero attached hydrogens (tertiary/aromatic N) is 2. The van der Waals surface area contributed by atoms with Crippen LogP contribution in [0.4, 0.5) is 5.00 Å². The molecule has 164 valence electrons. The van der Waals surface area contributed by atoms with Gasteiger partial charge in [0, 0.05) is 15.8 Å². The SMILES string of the molecule is C[C@H]1CCc2c(sc(NC(=O)c3cc(-c4ccc(Cl)c(Cl)c4)nc4ccccc34)c2C#N)C1. The Morgan fingerprint density at radius 1 is 1.18 bits per heavy atom. The Bertz CT molecular complexity index is 1450. The number of nitriles is 1. The van der Waals surface area contributed by atoms with E-state index in [4.69, 9.17) is 28.2 Å². The number of fused-ring (bicyclic) bond motifs is 2. The van der Waals surface area contributed by atoms with Gasteiger partial charge in [0.1, 0.15) is 11.1 Å². The molecule has 2 aromatic carbocycles. The summed E-state index contributed by atoms with van der Waals surface area (Å²) in [7, 11) is 0. The normalized spacial score (nSPS) is 15.2. The van der Waals surface area contributed by atoms with Gasteiger partial charge in [-0.1, -0.05) is 54.4 Å². The largest absolute Gasteiger partial charge is 0.312 e. The lowest BCUT2D eigenvalue weighted by atomic mass is 9.88. The van der Waals surface area contributed by atoms with Crippen molar-refractivity contribution in [1.29, 1.82) is 5.26 Å². The molecule has 0 saturated heterocycles. The zero-order valence-corrected chi connectivity index (χ0v) is 20.1. The topological polar surface area (TPSA) is 65.8 Å². The molecule has 0 radical (unpaired) electrons. The lowest BCUT2D eigenvalue weighted by molar-refractivity contribution is 0.102. The van der Waals surface area contributed by atoms with Crippen molar-refractivity contribution in [1.82, 2.24) is 4.98 Å². The molecule has 1 aliphatic carbocycles. The number of hydrogen-bond donors (Lipinski definition) is 1. The second-order valence-electron chi connectivity index (χ2n) is 8.32. The van der Waals surface area contributed by atoms with E-state index in [1.165, 1.54) is 16.2 Å². The number of thiophene rings is 1. The number of anilines is 1. The Hall–Kier alpha value is -2.91. The van der Waals surface area contributed by atoms with Gasteiger partial charge in [-0.15, -0.1) is 11.3 Å². The molecule has 0 aliphatic heterocycles. The number of pyridine rings is 1. The van der Waals surface area contributed by atoms with Crippen LogP contribution in [0.15, 0.2) is 48.5 Å². The molecule has 0 bridgehead atoms. The summed E-state index contributed by atoms with van der Waals surface area (Å²) in [4.78, 5) is 19.4. The van der Waals surface area contributed by atoms with Crippen LogP contribution in [0.3, 0.4) is 0 Å². The van der Waals surface area contributed by atoms with Crippen molar-refractivity contribution < 1.29 is 4.79 Å². The minimum Gasteiger partial charge on any atom is -0.312 e. The highest BCUT2D eigenvalue weighted by atomic mass is 35.5. The van der Waals surface area contributed by atoms with Gasteiger partial charge < -0.3 is 5.32 Å². The Balaban J connectivity index is 1.58. The van der Waals surface area contributed by atoms with Crippen LogP contribution in [0.1, 0.15) is 39.7 Å². The third kappa shape index (κ3) is 4.11. The predicted molar refractivity (Wildman–Crippen MR) is 135 cm³/mol. The number of para-hydroxylation sites is 1. The van der Waals surface area contributed by atoms with E-state index in [2.05, 4.69) is 18.3 Å². The number of amides is 1. The molecule has 1 aliphatic rings. The van der Waals surface area contributed by atoms with Crippen LogP contribution >= 0.6 is 34.5 Å². The fraction of sp³-hybridized carbons (Fsp3) is 0.192. The average molecular weight is 492 g/mol. The molecule has 5 rings (SSSR count). The lowest BCUT2D eigenvalue weighted by Gasteiger charge is -2.17. The third-order valence-corrected chi connectivity index (χ3v) is 7.94. The maximum atomic E-state index is 13.5. The second-order valence-corrected chi connectivity index (χ2v) is 10.2. The third-order valence-electron chi connectivity index (χ3n) is 6.03. The van der Waals surface area contributed by atoms with Crippen molar-refractivity contribution in [3.8, 4) is 17.3 Å². The summed E-state index contributed by atoms with van der Waals surface area (Å²) >= 11 is 13.8. The molecule has 0 spiro atoms. The first-order valence-electron chi connectivity index (χ1n) is 10.7. The van der Waals surface area contributed by atoms with Gasteiger partial charge in [0.25, 0.3) is 5.91 Å². The van der Waals surface area contributed by atoms with Crippen LogP contribution in [0.2, 0.25) is 10.0 Å². The van der Waals surface area contributed by atoms with E-state index < -0.39 is 0 Å². The molecular formula is C26H19Cl2N3OS. The van der Waals surface area contributed by atoms with E-state index in [1.807, 2.05) is 30.3 Å². The Morgan fingerprint density at radius 2 is 2.00 bits per heavy atom. The molecular weight excluding hydrogens is 473 g/mol. The van der Waals surface area contributed by atoms with E-state index in [0.29, 0.717) is 43.3 Å². The van der Waals surface area contributed by atoms with Crippen molar-refractivity contribution in [2.75, 3.05) is 5.32 Å². The van der Waals surface area contributed by atoms with Crippen molar-refractivity contribution in [2.45, 2.75) is 26.2 Å². The Labute approximate surface area is 205 Å². The molecule has 1 atom stereocenters. The predicted octanol–water partition coefficient (Wildman–Crippen LogP) is 7.52. The van der Waals surface area contributed by atoms with Gasteiger partial charge in [0.15, 0.2) is 0 Å². The first-order valence-corrected chi connectivity index (χ1v) is 12.2. The van der Waals surface area contributed by atoms with Crippen LogP contribution in [0.5, 0.6) is 0 Å². The van der Waals surface area contributed by atoms with Gasteiger partial charge in [-0.2, -0.15) is 5.26 Å². The van der Waals surface area contributed by atoms with Crippen molar-refractivity contribution in [2.24, 2.45) is 5.92 Å². The number of carbonyl (C=O) groups is 1. The molecule has 33 heavy (non-hydrogen) atoms. The number of aromatic nitrogens is 1. The van der Waals surface area contributed by atoms with E-state index in [9.17, 15) is 10.1 Å². The fourth-order valence-electron chi connectivity index (χ4n) is 4.29. The minimum absolute atomic E-state index is 0.266. The Morgan fingerprint density at radius 3 is 2.79 bits per heavy atom. The van der Waals surface area contributed by atoms with Crippen LogP contribution in [-0.4, -0.2) is 10.9 Å². The van der Waals surface area contributed by atoms with Gasteiger partial charge in [0.05, 0.1) is 32.4 Å². The van der Waals surface area contributed by atoms with Crippen LogP contribution < -0.4 is 5.32 Å². The summed E-state index contributed by atoms with van der Waals surface area (Å²) in [5.41, 5.74) is 4.27. The van der Waals surface area contributed by atoms with Gasteiger partial charge >= 0.3 is 0 Å². The van der Waals surface area contributed by atoms with E-state index in [-0.39, 0.29) is 5.91 Å². The van der Waals surface area contributed by atoms with Crippen molar-refractivity contribution in [3.05, 3.63) is 80.1 Å². The van der Waals surface area contributed by atoms with Gasteiger partial charge in [-0.05, 0) is 55.0 Å². The van der Waals surface area contributed by atoms with Gasteiger partial charge in [0.2, 0.25) is 0 Å². The van der Waals surface area contributed by atoms with Crippen molar-refractivity contribution >= 4 is 56.3 Å². The van der Waals surface area contributed by atoms with Gasteiger partial charge in [-0.3, -0.25) is 4.79 Å². The molecule has 4 aromatic rings. The van der Waals surface area contributed by atoms with Crippen LogP contribution in [-0.2, 0) is 12.8 Å². The summed E-state index contributed by atoms with van der Waals surface area (Å²) in [6.45, 7) is 2.22. The average Bonchev–Trinajstić information content (AvgIpc) is 3.15. The summed E-state index contributed by atoms with van der Waals surface area (Å²) < 4.78 is 0. The highest BCUT2D eigenvalue weighted by molar-refractivity contribution is 7.16. The number of halogens is 2. The molecule has 7 heteroatoms. The summed E-state index contributed by atoms with van der Waals surface area (Å²) in [6.07, 6.45) is 2.89. The number of hydrogen-bond acceptors (Lipinski definition) is 4. The smallest absolute Gasteiger partial charge is 0.257 e. The number of rotatable bonds is 3. The molecule has 1 N–H and O–H groups in total.